The van der Waals surface area contributed by atoms with Gasteiger partial charge in [-0.05, 0) is 56.3 Å². The van der Waals surface area contributed by atoms with E-state index in [1.54, 1.807) is 18.2 Å². The van der Waals surface area contributed by atoms with E-state index >= 15 is 0 Å². The average Bonchev–Trinajstić information content (AvgIpc) is 2.41. The number of carbonyl (C=O) groups is 1. The van der Waals surface area contributed by atoms with Gasteiger partial charge in [-0.25, -0.2) is 0 Å². The fourth-order valence-electron chi connectivity index (χ4n) is 2.94. The van der Waals surface area contributed by atoms with Crippen LogP contribution in [0.1, 0.15) is 49.9 Å². The minimum atomic E-state index is 0.0981. The standard InChI is InChI=1S/C17H23Cl2NO/c1-17(2)8-6-13(7-9-17)20(3)11-16(21)12-4-5-14(18)15(19)10-12/h4-5,10,13H,6-9,11H2,1-3H3. The largest absolute Gasteiger partial charge is 0.296 e. The first-order valence-electron chi connectivity index (χ1n) is 7.47. The summed E-state index contributed by atoms with van der Waals surface area (Å²) < 4.78 is 0. The SMILES string of the molecule is CN(CC(=O)c1ccc(Cl)c(Cl)c1)C1CCC(C)(C)CC1. The van der Waals surface area contributed by atoms with E-state index in [2.05, 4.69) is 18.7 Å². The van der Waals surface area contributed by atoms with Crippen LogP contribution in [0.15, 0.2) is 18.2 Å². The summed E-state index contributed by atoms with van der Waals surface area (Å²) in [6, 6.07) is 5.59. The zero-order chi connectivity index (χ0) is 15.6. The van der Waals surface area contributed by atoms with Crippen molar-refractivity contribution < 1.29 is 4.79 Å². The quantitative estimate of drug-likeness (QED) is 0.719. The van der Waals surface area contributed by atoms with Crippen molar-refractivity contribution in [1.82, 2.24) is 4.90 Å². The summed E-state index contributed by atoms with van der Waals surface area (Å²) >= 11 is 11.9. The predicted molar refractivity (Wildman–Crippen MR) is 89.5 cm³/mol. The molecule has 0 aliphatic heterocycles. The second kappa shape index (κ2) is 6.68. The molecule has 1 aliphatic rings. The van der Waals surface area contributed by atoms with E-state index in [1.807, 2.05) is 7.05 Å². The summed E-state index contributed by atoms with van der Waals surface area (Å²) in [6.07, 6.45) is 4.78. The first-order chi connectivity index (χ1) is 9.78. The van der Waals surface area contributed by atoms with Gasteiger partial charge in [-0.3, -0.25) is 9.69 Å². The van der Waals surface area contributed by atoms with Crippen molar-refractivity contribution in [3.8, 4) is 0 Å². The van der Waals surface area contributed by atoms with Gasteiger partial charge in [0.1, 0.15) is 0 Å². The van der Waals surface area contributed by atoms with Crippen molar-refractivity contribution in [3.63, 3.8) is 0 Å². The maximum absolute atomic E-state index is 12.3. The lowest BCUT2D eigenvalue weighted by Crippen LogP contribution is -2.39. The van der Waals surface area contributed by atoms with Gasteiger partial charge >= 0.3 is 0 Å². The third-order valence-electron chi connectivity index (χ3n) is 4.57. The molecule has 0 amide bonds. The molecule has 1 aliphatic carbocycles. The Morgan fingerprint density at radius 3 is 2.43 bits per heavy atom. The predicted octanol–water partition coefficient (Wildman–Crippen LogP) is 5.08. The molecule has 0 spiro atoms. The van der Waals surface area contributed by atoms with E-state index in [-0.39, 0.29) is 5.78 Å². The molecule has 1 aromatic carbocycles. The Morgan fingerprint density at radius 1 is 1.24 bits per heavy atom. The zero-order valence-electron chi connectivity index (χ0n) is 13.0. The van der Waals surface area contributed by atoms with Crippen LogP contribution in [0.4, 0.5) is 0 Å². The van der Waals surface area contributed by atoms with Crippen molar-refractivity contribution in [1.29, 1.82) is 0 Å². The third-order valence-corrected chi connectivity index (χ3v) is 5.31. The number of carbonyl (C=O) groups excluding carboxylic acids is 1. The molecule has 21 heavy (non-hydrogen) atoms. The molecule has 0 unspecified atom stereocenters. The molecule has 0 saturated heterocycles. The lowest BCUT2D eigenvalue weighted by atomic mass is 9.75. The molecule has 0 aromatic heterocycles. The fraction of sp³-hybridized carbons (Fsp3) is 0.588. The maximum atomic E-state index is 12.3. The first kappa shape index (κ1) is 16.8. The molecular weight excluding hydrogens is 305 g/mol. The van der Waals surface area contributed by atoms with E-state index < -0.39 is 0 Å². The number of halogens is 2. The van der Waals surface area contributed by atoms with E-state index in [0.717, 1.165) is 12.8 Å². The lowest BCUT2D eigenvalue weighted by molar-refractivity contribution is 0.0851. The Balaban J connectivity index is 1.94. The molecule has 2 nitrogen and oxygen atoms in total. The monoisotopic (exact) mass is 327 g/mol. The van der Waals surface area contributed by atoms with Crippen molar-refractivity contribution in [3.05, 3.63) is 33.8 Å². The third kappa shape index (κ3) is 4.45. The molecule has 0 atom stereocenters. The first-order valence-corrected chi connectivity index (χ1v) is 8.22. The molecular formula is C17H23Cl2NO. The minimum absolute atomic E-state index is 0.0981. The van der Waals surface area contributed by atoms with Crippen LogP contribution in [-0.4, -0.2) is 30.3 Å². The van der Waals surface area contributed by atoms with Gasteiger partial charge in [0.15, 0.2) is 5.78 Å². The molecule has 1 aromatic rings. The Hall–Kier alpha value is -0.570. The van der Waals surface area contributed by atoms with Gasteiger partial charge in [-0.1, -0.05) is 37.0 Å². The van der Waals surface area contributed by atoms with Gasteiger partial charge in [0, 0.05) is 11.6 Å². The van der Waals surface area contributed by atoms with E-state index in [0.29, 0.717) is 33.6 Å². The number of rotatable bonds is 4. The van der Waals surface area contributed by atoms with Crippen LogP contribution in [0.5, 0.6) is 0 Å². The molecule has 116 valence electrons. The van der Waals surface area contributed by atoms with Gasteiger partial charge in [0.25, 0.3) is 0 Å². The van der Waals surface area contributed by atoms with Crippen LogP contribution < -0.4 is 0 Å². The zero-order valence-corrected chi connectivity index (χ0v) is 14.5. The number of likely N-dealkylation sites (N-methyl/N-ethyl adjacent to an activating group) is 1. The highest BCUT2D eigenvalue weighted by Gasteiger charge is 2.29. The van der Waals surface area contributed by atoms with Crippen LogP contribution in [-0.2, 0) is 0 Å². The maximum Gasteiger partial charge on any atom is 0.176 e. The highest BCUT2D eigenvalue weighted by molar-refractivity contribution is 6.42. The summed E-state index contributed by atoms with van der Waals surface area (Å²) in [7, 11) is 2.04. The van der Waals surface area contributed by atoms with Gasteiger partial charge in [-0.2, -0.15) is 0 Å². The molecule has 0 radical (unpaired) electrons. The number of hydrogen-bond donors (Lipinski definition) is 0. The van der Waals surface area contributed by atoms with Crippen LogP contribution in [0, 0.1) is 5.41 Å². The number of nitrogens with zero attached hydrogens (tertiary/aromatic N) is 1. The van der Waals surface area contributed by atoms with Crippen molar-refractivity contribution in [2.24, 2.45) is 5.41 Å². The van der Waals surface area contributed by atoms with Crippen LogP contribution >= 0.6 is 23.2 Å². The highest BCUT2D eigenvalue weighted by Crippen LogP contribution is 2.36. The molecule has 0 bridgehead atoms. The van der Waals surface area contributed by atoms with Crippen LogP contribution in [0.2, 0.25) is 10.0 Å². The number of benzene rings is 1. The van der Waals surface area contributed by atoms with E-state index in [1.165, 1.54) is 12.8 Å². The average molecular weight is 328 g/mol. The Bertz CT molecular complexity index is 518. The van der Waals surface area contributed by atoms with E-state index in [4.69, 9.17) is 23.2 Å². The minimum Gasteiger partial charge on any atom is -0.296 e. The molecule has 4 heteroatoms. The van der Waals surface area contributed by atoms with Gasteiger partial charge in [-0.15, -0.1) is 0 Å². The van der Waals surface area contributed by atoms with Gasteiger partial charge in [0.05, 0.1) is 16.6 Å². The molecule has 0 N–H and O–H groups in total. The lowest BCUT2D eigenvalue weighted by Gasteiger charge is -2.38. The van der Waals surface area contributed by atoms with Crippen molar-refractivity contribution in [2.45, 2.75) is 45.6 Å². The summed E-state index contributed by atoms with van der Waals surface area (Å²) in [5.41, 5.74) is 1.08. The summed E-state index contributed by atoms with van der Waals surface area (Å²) in [6.45, 7) is 5.08. The number of hydrogen-bond acceptors (Lipinski definition) is 2. The van der Waals surface area contributed by atoms with Crippen LogP contribution in [0.25, 0.3) is 0 Å². The number of ketones is 1. The molecule has 0 heterocycles. The summed E-state index contributed by atoms with van der Waals surface area (Å²) in [4.78, 5) is 14.5. The second-order valence-electron chi connectivity index (χ2n) is 6.86. The highest BCUT2D eigenvalue weighted by atomic mass is 35.5. The van der Waals surface area contributed by atoms with Gasteiger partial charge < -0.3 is 0 Å². The number of Topliss-reactive ketones (excluding diaryl/α,β-unsaturated/α-hetero) is 1. The molecule has 2 rings (SSSR count). The van der Waals surface area contributed by atoms with Crippen molar-refractivity contribution >= 4 is 29.0 Å². The topological polar surface area (TPSA) is 20.3 Å². The normalized spacial score (nSPS) is 19.0. The molecule has 1 saturated carbocycles. The summed E-state index contributed by atoms with van der Waals surface area (Å²) in [5, 5.41) is 0.917. The van der Waals surface area contributed by atoms with Gasteiger partial charge in [0.2, 0.25) is 0 Å². The fourth-order valence-corrected chi connectivity index (χ4v) is 3.24. The summed E-state index contributed by atoms with van der Waals surface area (Å²) in [5.74, 6) is 0.0981. The Morgan fingerprint density at radius 2 is 1.86 bits per heavy atom. The second-order valence-corrected chi connectivity index (χ2v) is 7.68. The van der Waals surface area contributed by atoms with Crippen molar-refractivity contribution in [2.75, 3.05) is 13.6 Å². The molecule has 1 fully saturated rings. The van der Waals surface area contributed by atoms with Crippen LogP contribution in [0.3, 0.4) is 0 Å². The van der Waals surface area contributed by atoms with E-state index in [9.17, 15) is 4.79 Å². The smallest absolute Gasteiger partial charge is 0.176 e. The Kier molecular flexibility index (Phi) is 5.34. The Labute approximate surface area is 137 Å².